The predicted molar refractivity (Wildman–Crippen MR) is 89.3 cm³/mol. The van der Waals surface area contributed by atoms with Crippen molar-refractivity contribution in [3.05, 3.63) is 77.5 Å². The first-order chi connectivity index (χ1) is 11.3. The van der Waals surface area contributed by atoms with Crippen molar-refractivity contribution in [2.24, 2.45) is 0 Å². The number of pyridine rings is 1. The molecular formula is C20H19N. The van der Waals surface area contributed by atoms with E-state index in [0.717, 1.165) is 16.8 Å². The van der Waals surface area contributed by atoms with Crippen LogP contribution in [0, 0.1) is 20.7 Å². The Bertz CT molecular complexity index is 848. The highest BCUT2D eigenvalue weighted by atomic mass is 14.7. The van der Waals surface area contributed by atoms with E-state index >= 15 is 0 Å². The number of hydrogen-bond donors (Lipinski definition) is 0. The lowest BCUT2D eigenvalue weighted by Crippen LogP contribution is -1.88. The largest absolute Gasteiger partial charge is 0.256 e. The zero-order chi connectivity index (χ0) is 17.3. The van der Waals surface area contributed by atoms with Crippen molar-refractivity contribution in [3.8, 4) is 22.4 Å². The van der Waals surface area contributed by atoms with Gasteiger partial charge in [0.2, 0.25) is 0 Å². The van der Waals surface area contributed by atoms with E-state index in [2.05, 4.69) is 55.2 Å². The molecule has 0 amide bonds. The van der Waals surface area contributed by atoms with Crippen LogP contribution in [-0.2, 0) is 0 Å². The molecule has 0 radical (unpaired) electrons. The summed E-state index contributed by atoms with van der Waals surface area (Å²) in [5.74, 6) is 0. The van der Waals surface area contributed by atoms with Crippen LogP contribution >= 0.6 is 0 Å². The van der Waals surface area contributed by atoms with Crippen LogP contribution in [0.4, 0.5) is 0 Å². The topological polar surface area (TPSA) is 12.9 Å². The van der Waals surface area contributed by atoms with Gasteiger partial charge in [0.25, 0.3) is 0 Å². The Labute approximate surface area is 130 Å². The van der Waals surface area contributed by atoms with E-state index in [1.54, 1.807) is 12.1 Å². The van der Waals surface area contributed by atoms with Crippen molar-refractivity contribution < 1.29 is 4.11 Å². The van der Waals surface area contributed by atoms with Crippen LogP contribution in [0.5, 0.6) is 0 Å². The maximum atomic E-state index is 7.43. The molecule has 3 aromatic rings. The van der Waals surface area contributed by atoms with Gasteiger partial charge in [-0.2, -0.15) is 0 Å². The number of nitrogens with zero attached hydrogens (tertiary/aromatic N) is 1. The minimum absolute atomic E-state index is 0.261. The van der Waals surface area contributed by atoms with Gasteiger partial charge in [0.15, 0.2) is 0 Å². The number of hydrogen-bond acceptors (Lipinski definition) is 1. The first kappa shape index (κ1) is 10.3. The van der Waals surface area contributed by atoms with Crippen molar-refractivity contribution in [3.63, 3.8) is 0 Å². The molecule has 0 aliphatic heterocycles. The van der Waals surface area contributed by atoms with Gasteiger partial charge in [-0.1, -0.05) is 48.0 Å². The Hall–Kier alpha value is -2.41. The molecule has 0 unspecified atom stereocenters. The van der Waals surface area contributed by atoms with E-state index < -0.39 is 6.85 Å². The highest BCUT2D eigenvalue weighted by Crippen LogP contribution is 2.28. The fourth-order valence-electron chi connectivity index (χ4n) is 2.39. The molecule has 104 valence electrons. The van der Waals surface area contributed by atoms with Crippen LogP contribution in [0.2, 0.25) is 0 Å². The lowest BCUT2D eigenvalue weighted by molar-refractivity contribution is 1.27. The summed E-state index contributed by atoms with van der Waals surface area (Å²) in [5.41, 5.74) is 6.77. The molecule has 0 atom stereocenters. The van der Waals surface area contributed by atoms with Gasteiger partial charge in [0.1, 0.15) is 0 Å². The third-order valence-corrected chi connectivity index (χ3v) is 3.66. The summed E-state index contributed by atoms with van der Waals surface area (Å²) in [7, 11) is 0. The minimum atomic E-state index is -2.12. The molecule has 0 aliphatic rings. The van der Waals surface area contributed by atoms with Crippen LogP contribution in [0.1, 0.15) is 20.8 Å². The molecule has 3 rings (SSSR count). The molecule has 1 heterocycles. The summed E-state index contributed by atoms with van der Waals surface area (Å²) in [4.78, 5) is 4.33. The van der Waals surface area contributed by atoms with E-state index in [-0.39, 0.29) is 5.56 Å². The van der Waals surface area contributed by atoms with Crippen LogP contribution in [0.3, 0.4) is 0 Å². The molecule has 1 aromatic heterocycles. The third kappa shape index (κ3) is 2.87. The van der Waals surface area contributed by atoms with Gasteiger partial charge in [-0.15, -0.1) is 0 Å². The second-order valence-corrected chi connectivity index (χ2v) is 5.33. The van der Waals surface area contributed by atoms with Gasteiger partial charge in [-0.25, -0.2) is 0 Å². The van der Waals surface area contributed by atoms with Gasteiger partial charge >= 0.3 is 0 Å². The Morgan fingerprint density at radius 3 is 2.19 bits per heavy atom. The van der Waals surface area contributed by atoms with Crippen molar-refractivity contribution in [2.75, 3.05) is 0 Å². The molecule has 0 fully saturated rings. The van der Waals surface area contributed by atoms with Crippen molar-refractivity contribution in [1.29, 1.82) is 0 Å². The van der Waals surface area contributed by atoms with Crippen molar-refractivity contribution in [1.82, 2.24) is 4.98 Å². The first-order valence-electron chi connectivity index (χ1n) is 8.49. The summed E-state index contributed by atoms with van der Waals surface area (Å²) in [6.07, 6.45) is 1.44. The normalized spacial score (nSPS) is 13.3. The maximum absolute atomic E-state index is 7.43. The van der Waals surface area contributed by atoms with E-state index in [9.17, 15) is 0 Å². The maximum Gasteiger partial charge on any atom is 0.0702 e. The molecule has 0 N–H and O–H groups in total. The van der Waals surface area contributed by atoms with E-state index in [1.165, 1.54) is 22.9 Å². The van der Waals surface area contributed by atoms with Crippen LogP contribution in [-0.4, -0.2) is 4.98 Å². The fraction of sp³-hybridized carbons (Fsp3) is 0.150. The number of rotatable bonds is 2. The Morgan fingerprint density at radius 1 is 0.810 bits per heavy atom. The summed E-state index contributed by atoms with van der Waals surface area (Å²) in [5, 5.41) is 0. The average molecular weight is 276 g/mol. The molecule has 0 saturated carbocycles. The van der Waals surface area contributed by atoms with Gasteiger partial charge in [0.05, 0.1) is 5.69 Å². The quantitative estimate of drug-likeness (QED) is 0.615. The molecule has 0 bridgehead atoms. The van der Waals surface area contributed by atoms with E-state index in [1.807, 2.05) is 6.07 Å². The summed E-state index contributed by atoms with van der Waals surface area (Å²) < 4.78 is 22.3. The SMILES string of the molecule is [2H]C([2H])([2H])c1ccc(-c2ccc(C)c(-c3ccc(C)cc3)c2)nc1. The number of aryl methyl sites for hydroxylation is 3. The van der Waals surface area contributed by atoms with Gasteiger partial charge < -0.3 is 0 Å². The Balaban J connectivity index is 2.01. The average Bonchev–Trinajstić information content (AvgIpc) is 2.56. The molecule has 1 nitrogen and oxygen atoms in total. The number of aromatic nitrogens is 1. The first-order valence-corrected chi connectivity index (χ1v) is 6.99. The molecule has 0 aliphatic carbocycles. The van der Waals surface area contributed by atoms with Crippen molar-refractivity contribution >= 4 is 0 Å². The van der Waals surface area contributed by atoms with Crippen molar-refractivity contribution in [2.45, 2.75) is 20.7 Å². The fourth-order valence-corrected chi connectivity index (χ4v) is 2.39. The van der Waals surface area contributed by atoms with Gasteiger partial charge in [-0.05, 0) is 55.1 Å². The zero-order valence-corrected chi connectivity index (χ0v) is 12.2. The van der Waals surface area contributed by atoms with Crippen LogP contribution in [0.15, 0.2) is 60.8 Å². The summed E-state index contributed by atoms with van der Waals surface area (Å²) >= 11 is 0. The molecule has 2 aromatic carbocycles. The smallest absolute Gasteiger partial charge is 0.0702 e. The molecule has 0 spiro atoms. The Kier molecular flexibility index (Phi) is 2.72. The second kappa shape index (κ2) is 5.53. The van der Waals surface area contributed by atoms with Gasteiger partial charge in [0, 0.05) is 15.9 Å². The minimum Gasteiger partial charge on any atom is -0.256 e. The van der Waals surface area contributed by atoms with E-state index in [0.29, 0.717) is 0 Å². The molecular weight excluding hydrogens is 254 g/mol. The molecule has 1 heteroatoms. The number of benzene rings is 2. The highest BCUT2D eigenvalue weighted by molar-refractivity contribution is 5.74. The summed E-state index contributed by atoms with van der Waals surface area (Å²) in [6.45, 7) is 2.04. The monoisotopic (exact) mass is 276 g/mol. The van der Waals surface area contributed by atoms with Crippen LogP contribution in [0.25, 0.3) is 22.4 Å². The highest BCUT2D eigenvalue weighted by Gasteiger charge is 2.06. The standard InChI is InChI=1S/C20H19N/c1-14-4-8-17(9-5-14)19-12-18(10-7-16(19)3)20-11-6-15(2)13-21-20/h4-13H,1-3H3/i2D3. The molecule has 21 heavy (non-hydrogen) atoms. The lowest BCUT2D eigenvalue weighted by atomic mass is 9.96. The third-order valence-electron chi connectivity index (χ3n) is 3.66. The second-order valence-electron chi connectivity index (χ2n) is 5.33. The summed E-state index contributed by atoms with van der Waals surface area (Å²) in [6, 6.07) is 18.0. The van der Waals surface area contributed by atoms with Crippen LogP contribution < -0.4 is 0 Å². The predicted octanol–water partition coefficient (Wildman–Crippen LogP) is 5.34. The zero-order valence-electron chi connectivity index (χ0n) is 15.2. The lowest BCUT2D eigenvalue weighted by Gasteiger charge is -2.10. The Morgan fingerprint density at radius 2 is 1.52 bits per heavy atom. The van der Waals surface area contributed by atoms with E-state index in [4.69, 9.17) is 4.11 Å². The molecule has 0 saturated heterocycles. The van der Waals surface area contributed by atoms with Gasteiger partial charge in [-0.3, -0.25) is 4.98 Å².